The molecule has 0 heterocycles. The molecule has 0 amide bonds. The summed E-state index contributed by atoms with van der Waals surface area (Å²) >= 11 is 0. The molecule has 0 N–H and O–H groups in total. The highest BCUT2D eigenvalue weighted by molar-refractivity contribution is 5.82. The molecule has 0 aromatic carbocycles. The van der Waals surface area contributed by atoms with Gasteiger partial charge in [-0.15, -0.1) is 0 Å². The summed E-state index contributed by atoms with van der Waals surface area (Å²) in [5.74, 6) is 1.09. The van der Waals surface area contributed by atoms with Crippen molar-refractivity contribution in [1.29, 1.82) is 0 Å². The van der Waals surface area contributed by atoms with Crippen molar-refractivity contribution in [3.8, 4) is 0 Å². The minimum atomic E-state index is 0.0619. The maximum Gasteiger partial charge on any atom is 0.135 e. The average molecular weight is 212 g/mol. The Morgan fingerprint density at radius 1 is 1.13 bits per heavy atom. The molecule has 90 valence electrons. The van der Waals surface area contributed by atoms with Gasteiger partial charge in [-0.25, -0.2) is 0 Å². The first-order valence-electron chi connectivity index (χ1n) is 6.58. The summed E-state index contributed by atoms with van der Waals surface area (Å²) in [6.07, 6.45) is 7.22. The normalized spacial score (nSPS) is 19.3. The van der Waals surface area contributed by atoms with E-state index >= 15 is 0 Å². The molecule has 0 radical (unpaired) electrons. The largest absolute Gasteiger partial charge is 0.299 e. The number of hydrogen-bond donors (Lipinski definition) is 0. The molecule has 0 aliphatic heterocycles. The predicted octanol–water partition coefficient (Wildman–Crippen LogP) is 4.60. The SMILES string of the molecule is CC.CC(=O)C1(CC(C)C)CCCCC1. The van der Waals surface area contributed by atoms with E-state index in [-0.39, 0.29) is 5.41 Å². The highest BCUT2D eigenvalue weighted by atomic mass is 16.1. The molecular formula is C14H28O. The number of rotatable bonds is 3. The van der Waals surface area contributed by atoms with Gasteiger partial charge in [0.25, 0.3) is 0 Å². The molecule has 0 saturated heterocycles. The summed E-state index contributed by atoms with van der Waals surface area (Å²) in [4.78, 5) is 11.7. The fourth-order valence-corrected chi connectivity index (χ4v) is 2.71. The average Bonchev–Trinajstić information content (AvgIpc) is 2.21. The second-order valence-electron chi connectivity index (χ2n) is 5.00. The lowest BCUT2D eigenvalue weighted by atomic mass is 9.67. The molecule has 15 heavy (non-hydrogen) atoms. The molecule has 1 saturated carbocycles. The number of Topliss-reactive ketones (excluding diaryl/α,β-unsaturated/α-hetero) is 1. The summed E-state index contributed by atoms with van der Waals surface area (Å²) in [5.41, 5.74) is 0.0619. The van der Waals surface area contributed by atoms with E-state index in [1.165, 1.54) is 19.3 Å². The molecule has 1 heteroatoms. The van der Waals surface area contributed by atoms with Crippen molar-refractivity contribution in [2.45, 2.75) is 73.1 Å². The first kappa shape index (κ1) is 14.7. The third kappa shape index (κ3) is 4.36. The molecule has 1 rings (SSSR count). The topological polar surface area (TPSA) is 17.1 Å². The zero-order chi connectivity index (χ0) is 11.9. The van der Waals surface area contributed by atoms with Crippen LogP contribution in [0.3, 0.4) is 0 Å². The Labute approximate surface area is 95.6 Å². The summed E-state index contributed by atoms with van der Waals surface area (Å²) in [7, 11) is 0. The molecule has 0 unspecified atom stereocenters. The van der Waals surface area contributed by atoms with Crippen LogP contribution in [0.4, 0.5) is 0 Å². The van der Waals surface area contributed by atoms with Gasteiger partial charge in [-0.2, -0.15) is 0 Å². The Morgan fingerprint density at radius 3 is 1.93 bits per heavy atom. The zero-order valence-electron chi connectivity index (χ0n) is 11.2. The molecule has 1 fully saturated rings. The number of hydrogen-bond acceptors (Lipinski definition) is 1. The second-order valence-corrected chi connectivity index (χ2v) is 5.00. The van der Waals surface area contributed by atoms with Crippen LogP contribution in [0.5, 0.6) is 0 Å². The first-order chi connectivity index (χ1) is 7.07. The van der Waals surface area contributed by atoms with Gasteiger partial charge in [0.1, 0.15) is 5.78 Å². The van der Waals surface area contributed by atoms with Gasteiger partial charge in [0, 0.05) is 5.41 Å². The number of carbonyl (C=O) groups excluding carboxylic acids is 1. The van der Waals surface area contributed by atoms with Gasteiger partial charge in [0.2, 0.25) is 0 Å². The summed E-state index contributed by atoms with van der Waals surface area (Å²) in [6.45, 7) is 10.2. The van der Waals surface area contributed by atoms with Crippen LogP contribution in [0.2, 0.25) is 0 Å². The van der Waals surface area contributed by atoms with Gasteiger partial charge in [-0.3, -0.25) is 4.79 Å². The highest BCUT2D eigenvalue weighted by Crippen LogP contribution is 2.42. The fraction of sp³-hybridized carbons (Fsp3) is 0.929. The van der Waals surface area contributed by atoms with E-state index < -0.39 is 0 Å². The van der Waals surface area contributed by atoms with Crippen LogP contribution in [0, 0.1) is 11.3 Å². The third-order valence-electron chi connectivity index (χ3n) is 3.36. The van der Waals surface area contributed by atoms with E-state index in [1.54, 1.807) is 6.92 Å². The van der Waals surface area contributed by atoms with Crippen molar-refractivity contribution in [2.75, 3.05) is 0 Å². The quantitative estimate of drug-likeness (QED) is 0.668. The van der Waals surface area contributed by atoms with Gasteiger partial charge in [0.05, 0.1) is 0 Å². The Bertz CT molecular complexity index is 176. The van der Waals surface area contributed by atoms with E-state index in [0.29, 0.717) is 11.7 Å². The maximum atomic E-state index is 11.7. The zero-order valence-corrected chi connectivity index (χ0v) is 11.2. The van der Waals surface area contributed by atoms with Crippen molar-refractivity contribution >= 4 is 5.78 Å². The van der Waals surface area contributed by atoms with Crippen LogP contribution < -0.4 is 0 Å². The molecule has 0 atom stereocenters. The van der Waals surface area contributed by atoms with Crippen molar-refractivity contribution < 1.29 is 4.79 Å². The minimum absolute atomic E-state index is 0.0619. The summed E-state index contributed by atoms with van der Waals surface area (Å²) < 4.78 is 0. The minimum Gasteiger partial charge on any atom is -0.299 e. The number of ketones is 1. The lowest BCUT2D eigenvalue weighted by Crippen LogP contribution is -2.33. The van der Waals surface area contributed by atoms with E-state index in [2.05, 4.69) is 13.8 Å². The molecule has 0 spiro atoms. The molecule has 0 aromatic rings. The van der Waals surface area contributed by atoms with E-state index in [9.17, 15) is 4.79 Å². The maximum absolute atomic E-state index is 11.7. The van der Waals surface area contributed by atoms with Crippen LogP contribution in [-0.4, -0.2) is 5.78 Å². The van der Waals surface area contributed by atoms with Gasteiger partial charge in [-0.1, -0.05) is 47.0 Å². The van der Waals surface area contributed by atoms with E-state index in [4.69, 9.17) is 0 Å². The van der Waals surface area contributed by atoms with Gasteiger partial charge in [-0.05, 0) is 32.1 Å². The monoisotopic (exact) mass is 212 g/mol. The van der Waals surface area contributed by atoms with Crippen molar-refractivity contribution in [2.24, 2.45) is 11.3 Å². The molecule has 0 aromatic heterocycles. The van der Waals surface area contributed by atoms with Crippen LogP contribution in [0.15, 0.2) is 0 Å². The van der Waals surface area contributed by atoms with Crippen LogP contribution >= 0.6 is 0 Å². The smallest absolute Gasteiger partial charge is 0.135 e. The fourth-order valence-electron chi connectivity index (χ4n) is 2.71. The molecule has 1 aliphatic rings. The van der Waals surface area contributed by atoms with E-state index in [0.717, 1.165) is 19.3 Å². The van der Waals surface area contributed by atoms with Gasteiger partial charge >= 0.3 is 0 Å². The van der Waals surface area contributed by atoms with Crippen molar-refractivity contribution in [3.05, 3.63) is 0 Å². The molecule has 0 bridgehead atoms. The molecular weight excluding hydrogens is 184 g/mol. The summed E-state index contributed by atoms with van der Waals surface area (Å²) in [5, 5.41) is 0. The Kier molecular flexibility index (Phi) is 6.87. The third-order valence-corrected chi connectivity index (χ3v) is 3.36. The molecule has 1 nitrogen and oxygen atoms in total. The Balaban J connectivity index is 0.000000921. The molecule has 1 aliphatic carbocycles. The first-order valence-corrected chi connectivity index (χ1v) is 6.58. The highest BCUT2D eigenvalue weighted by Gasteiger charge is 2.36. The van der Waals surface area contributed by atoms with Crippen LogP contribution in [-0.2, 0) is 4.79 Å². The second kappa shape index (κ2) is 7.03. The predicted molar refractivity (Wildman–Crippen MR) is 67.0 cm³/mol. The Hall–Kier alpha value is -0.330. The summed E-state index contributed by atoms with van der Waals surface area (Å²) in [6, 6.07) is 0. The standard InChI is InChI=1S/C12H22O.C2H6/c1-10(2)9-12(11(3)13)7-5-4-6-8-12;1-2/h10H,4-9H2,1-3H3;1-2H3. The van der Waals surface area contributed by atoms with E-state index in [1.807, 2.05) is 13.8 Å². The van der Waals surface area contributed by atoms with Gasteiger partial charge < -0.3 is 0 Å². The lowest BCUT2D eigenvalue weighted by molar-refractivity contribution is -0.129. The Morgan fingerprint density at radius 2 is 1.60 bits per heavy atom. The van der Waals surface area contributed by atoms with Crippen molar-refractivity contribution in [3.63, 3.8) is 0 Å². The lowest BCUT2D eigenvalue weighted by Gasteiger charge is -2.36. The van der Waals surface area contributed by atoms with Crippen LogP contribution in [0.25, 0.3) is 0 Å². The number of carbonyl (C=O) groups is 1. The van der Waals surface area contributed by atoms with Crippen molar-refractivity contribution in [1.82, 2.24) is 0 Å². The van der Waals surface area contributed by atoms with Crippen LogP contribution in [0.1, 0.15) is 73.1 Å². The van der Waals surface area contributed by atoms with Gasteiger partial charge in [0.15, 0.2) is 0 Å².